The molecule has 7 unspecified atom stereocenters. The van der Waals surface area contributed by atoms with E-state index in [9.17, 15) is 9.90 Å². The second-order valence-corrected chi connectivity index (χ2v) is 10.4. The van der Waals surface area contributed by atoms with Crippen LogP contribution in [0.25, 0.3) is 0 Å². The monoisotopic (exact) mass is 388 g/mol. The van der Waals surface area contributed by atoms with E-state index >= 15 is 0 Å². The van der Waals surface area contributed by atoms with Crippen LogP contribution in [-0.4, -0.2) is 36.7 Å². The molecule has 7 atom stereocenters. The highest BCUT2D eigenvalue weighted by Crippen LogP contribution is 2.64. The highest BCUT2D eigenvalue weighted by Gasteiger charge is 2.60. The first-order valence-corrected chi connectivity index (χ1v) is 11.5. The summed E-state index contributed by atoms with van der Waals surface area (Å²) in [6.45, 7) is 4.48. The lowest BCUT2D eigenvalue weighted by Gasteiger charge is -2.59. The van der Waals surface area contributed by atoms with Gasteiger partial charge in [-0.2, -0.15) is 0 Å². The van der Waals surface area contributed by atoms with Crippen LogP contribution in [0.5, 0.6) is 0 Å². The second kappa shape index (κ2) is 7.10. The van der Waals surface area contributed by atoms with Crippen LogP contribution in [0.15, 0.2) is 11.8 Å². The molecule has 5 heteroatoms. The van der Waals surface area contributed by atoms with Crippen molar-refractivity contribution in [3.8, 4) is 0 Å². The Morgan fingerprint density at radius 1 is 1.18 bits per heavy atom. The number of allylic oxidation sites excluding steroid dienone is 2. The number of aliphatic hydroxyl groups excluding tert-OH is 1. The van der Waals surface area contributed by atoms with Gasteiger partial charge in [-0.25, -0.2) is 0 Å². The maximum Gasteiger partial charge on any atom is 0.139 e. The molecule has 0 aromatic rings. The number of fused-ring (bicyclic) bond motifs is 5. The van der Waals surface area contributed by atoms with Crippen LogP contribution in [0.3, 0.4) is 0 Å². The average molecular weight is 389 g/mol. The summed E-state index contributed by atoms with van der Waals surface area (Å²) in [6, 6.07) is 0. The molecular formula is C23H36N2O3. The second-order valence-electron chi connectivity index (χ2n) is 10.4. The van der Waals surface area contributed by atoms with Gasteiger partial charge in [0, 0.05) is 36.1 Å². The summed E-state index contributed by atoms with van der Waals surface area (Å²) in [5.74, 6) is 2.67. The van der Waals surface area contributed by atoms with Crippen molar-refractivity contribution in [2.75, 3.05) is 19.7 Å². The largest absolute Gasteiger partial charge is 0.396 e. The fraction of sp³-hybridized carbons (Fsp3) is 0.870. The summed E-state index contributed by atoms with van der Waals surface area (Å²) in [6.07, 6.45) is 12.0. The highest BCUT2D eigenvalue weighted by molar-refractivity contribution is 5.87. The number of rotatable bonds is 4. The third kappa shape index (κ3) is 2.80. The van der Waals surface area contributed by atoms with Crippen LogP contribution < -0.4 is 10.8 Å². The van der Waals surface area contributed by atoms with Crippen LogP contribution >= 0.6 is 0 Å². The van der Waals surface area contributed by atoms with E-state index in [1.165, 1.54) is 12.1 Å². The summed E-state index contributed by atoms with van der Waals surface area (Å²) >= 11 is 0. The van der Waals surface area contributed by atoms with Gasteiger partial charge < -0.3 is 10.4 Å². The van der Waals surface area contributed by atoms with Crippen molar-refractivity contribution in [3.05, 3.63) is 11.8 Å². The molecule has 5 aliphatic rings. The summed E-state index contributed by atoms with van der Waals surface area (Å²) < 4.78 is 0. The van der Waals surface area contributed by atoms with E-state index in [1.807, 2.05) is 0 Å². The first kappa shape index (κ1) is 19.1. The van der Waals surface area contributed by atoms with Crippen molar-refractivity contribution >= 4 is 5.78 Å². The van der Waals surface area contributed by atoms with E-state index in [-0.39, 0.29) is 23.5 Å². The van der Waals surface area contributed by atoms with Gasteiger partial charge >= 0.3 is 0 Å². The fourth-order valence-electron chi connectivity index (χ4n) is 7.71. The van der Waals surface area contributed by atoms with Crippen molar-refractivity contribution in [1.82, 2.24) is 10.8 Å². The smallest absolute Gasteiger partial charge is 0.139 e. The molecule has 156 valence electrons. The SMILES string of the molecule is CC12CCC3C(CCC4C=C(NOC5CCNC5)CCC43CO)C1CCC2=O. The van der Waals surface area contributed by atoms with Crippen LogP contribution in [0.4, 0.5) is 0 Å². The molecular weight excluding hydrogens is 352 g/mol. The molecule has 3 N–H and O–H groups in total. The fourth-order valence-corrected chi connectivity index (χ4v) is 7.71. The Hall–Kier alpha value is -0.910. The van der Waals surface area contributed by atoms with Gasteiger partial charge in [0.2, 0.25) is 0 Å². The molecule has 0 bridgehead atoms. The predicted octanol–water partition coefficient (Wildman–Crippen LogP) is 2.95. The zero-order valence-electron chi connectivity index (χ0n) is 17.2. The van der Waals surface area contributed by atoms with Crippen LogP contribution in [0.1, 0.15) is 64.7 Å². The molecule has 0 spiro atoms. The normalized spacial score (nSPS) is 47.9. The lowest BCUT2D eigenvalue weighted by Crippen LogP contribution is -2.55. The number of nitrogens with one attached hydrogen (secondary N) is 2. The molecule has 4 aliphatic carbocycles. The summed E-state index contributed by atoms with van der Waals surface area (Å²) in [7, 11) is 0. The average Bonchev–Trinajstić information content (AvgIpc) is 3.34. The maximum atomic E-state index is 12.6. The molecule has 28 heavy (non-hydrogen) atoms. The number of Topliss-reactive ketones (excluding diaryl/α,β-unsaturated/α-hetero) is 1. The first-order valence-electron chi connectivity index (χ1n) is 11.5. The molecule has 0 aromatic heterocycles. The molecule has 3 saturated carbocycles. The lowest BCUT2D eigenvalue weighted by atomic mass is 9.45. The third-order valence-electron chi connectivity index (χ3n) is 9.36. The van der Waals surface area contributed by atoms with Crippen molar-refractivity contribution in [2.24, 2.45) is 34.5 Å². The molecule has 0 aromatic carbocycles. The minimum atomic E-state index is -0.0783. The number of carbonyl (C=O) groups is 1. The topological polar surface area (TPSA) is 70.6 Å². The number of hydrogen-bond donors (Lipinski definition) is 3. The van der Waals surface area contributed by atoms with Gasteiger partial charge in [0.05, 0.1) is 6.10 Å². The zero-order chi connectivity index (χ0) is 19.4. The predicted molar refractivity (Wildman–Crippen MR) is 107 cm³/mol. The first-order chi connectivity index (χ1) is 13.6. The number of ketones is 1. The Bertz CT molecular complexity index is 658. The minimum Gasteiger partial charge on any atom is -0.396 e. The highest BCUT2D eigenvalue weighted by atomic mass is 16.7. The van der Waals surface area contributed by atoms with Gasteiger partial charge in [0.15, 0.2) is 0 Å². The van der Waals surface area contributed by atoms with E-state index in [0.29, 0.717) is 29.5 Å². The molecule has 0 amide bonds. The van der Waals surface area contributed by atoms with Gasteiger partial charge in [-0.05, 0) is 81.6 Å². The van der Waals surface area contributed by atoms with Crippen LogP contribution in [0, 0.1) is 34.5 Å². The third-order valence-corrected chi connectivity index (χ3v) is 9.36. The van der Waals surface area contributed by atoms with E-state index in [4.69, 9.17) is 4.84 Å². The molecule has 1 aliphatic heterocycles. The molecule has 1 saturated heterocycles. The van der Waals surface area contributed by atoms with Gasteiger partial charge in [-0.15, -0.1) is 0 Å². The van der Waals surface area contributed by atoms with Crippen LogP contribution in [-0.2, 0) is 9.63 Å². The van der Waals surface area contributed by atoms with Crippen molar-refractivity contribution in [1.29, 1.82) is 0 Å². The Morgan fingerprint density at radius 2 is 2.07 bits per heavy atom. The Kier molecular flexibility index (Phi) is 4.84. The maximum absolute atomic E-state index is 12.6. The van der Waals surface area contributed by atoms with Gasteiger partial charge in [0.1, 0.15) is 5.78 Å². The van der Waals surface area contributed by atoms with Gasteiger partial charge in [-0.1, -0.05) is 13.0 Å². The summed E-state index contributed by atoms with van der Waals surface area (Å²) in [5, 5.41) is 13.9. The molecule has 1 heterocycles. The van der Waals surface area contributed by atoms with Crippen LogP contribution in [0.2, 0.25) is 0 Å². The van der Waals surface area contributed by atoms with E-state index < -0.39 is 0 Å². The summed E-state index contributed by atoms with van der Waals surface area (Å²) in [5.41, 5.74) is 4.39. The van der Waals surface area contributed by atoms with Gasteiger partial charge in [-0.3, -0.25) is 15.1 Å². The Morgan fingerprint density at radius 3 is 2.86 bits per heavy atom. The Balaban J connectivity index is 1.34. The lowest BCUT2D eigenvalue weighted by molar-refractivity contribution is -0.141. The molecule has 5 nitrogen and oxygen atoms in total. The van der Waals surface area contributed by atoms with E-state index in [2.05, 4.69) is 23.8 Å². The van der Waals surface area contributed by atoms with Crippen molar-refractivity contribution in [2.45, 2.75) is 70.8 Å². The summed E-state index contributed by atoms with van der Waals surface area (Å²) in [4.78, 5) is 18.5. The standard InChI is InChI=1S/C23H36N2O3/c1-22-9-7-20-18(19(22)4-5-21(22)27)3-2-15-12-16(6-10-23(15,20)14-26)25-28-17-8-11-24-13-17/h12,15,17-20,24-26H,2-11,13-14H2,1H3. The number of hydrogen-bond acceptors (Lipinski definition) is 5. The quantitative estimate of drug-likeness (QED) is 0.646. The minimum absolute atomic E-state index is 0.00990. The van der Waals surface area contributed by atoms with E-state index in [0.717, 1.165) is 64.5 Å². The number of hydroxylamine groups is 1. The molecule has 5 rings (SSSR count). The van der Waals surface area contributed by atoms with Gasteiger partial charge in [0.25, 0.3) is 0 Å². The zero-order valence-corrected chi connectivity index (χ0v) is 17.2. The molecule has 0 radical (unpaired) electrons. The van der Waals surface area contributed by atoms with Crippen molar-refractivity contribution < 1.29 is 14.7 Å². The number of carbonyl (C=O) groups excluding carboxylic acids is 1. The number of aliphatic hydroxyl groups is 1. The van der Waals surface area contributed by atoms with E-state index in [1.54, 1.807) is 0 Å². The Labute approximate surface area is 168 Å². The molecule has 4 fully saturated rings. The van der Waals surface area contributed by atoms with Crippen molar-refractivity contribution in [3.63, 3.8) is 0 Å².